The Balaban J connectivity index is 1.92. The van der Waals surface area contributed by atoms with Crippen molar-refractivity contribution >= 4 is 23.0 Å². The molecule has 1 amide bonds. The van der Waals surface area contributed by atoms with Gasteiger partial charge in [0, 0.05) is 37.9 Å². The number of nitrogens with zero attached hydrogens (tertiary/aromatic N) is 1. The van der Waals surface area contributed by atoms with Gasteiger partial charge in [-0.3, -0.25) is 14.9 Å². The lowest BCUT2D eigenvalue weighted by Gasteiger charge is -2.11. The molecular weight excluding hydrogens is 407 g/mol. The highest BCUT2D eigenvalue weighted by Crippen LogP contribution is 2.34. The topological polar surface area (TPSA) is 103 Å². The monoisotopic (exact) mass is 427 g/mol. The second kappa shape index (κ2) is 10.4. The Morgan fingerprint density at radius 1 is 1.17 bits per heavy atom. The zero-order chi connectivity index (χ0) is 22.1. The number of nitro groups is 1. The summed E-state index contributed by atoms with van der Waals surface area (Å²) in [4.78, 5) is 22.2. The van der Waals surface area contributed by atoms with Gasteiger partial charge in [0.15, 0.2) is 0 Å². The maximum Gasteiger partial charge on any atom is 0.416 e. The van der Waals surface area contributed by atoms with Gasteiger partial charge in [0.2, 0.25) is 5.91 Å². The first-order chi connectivity index (χ1) is 14.2. The molecule has 0 saturated carbocycles. The van der Waals surface area contributed by atoms with E-state index < -0.39 is 22.4 Å². The van der Waals surface area contributed by atoms with Crippen molar-refractivity contribution < 1.29 is 32.4 Å². The van der Waals surface area contributed by atoms with Gasteiger partial charge in [-0.1, -0.05) is 6.07 Å². The van der Waals surface area contributed by atoms with Gasteiger partial charge in [-0.2, -0.15) is 13.2 Å². The van der Waals surface area contributed by atoms with E-state index in [9.17, 15) is 28.1 Å². The molecule has 0 heterocycles. The fraction of sp³-hybridized carbons (Fsp3) is 0.316. The maximum atomic E-state index is 12.7. The van der Waals surface area contributed by atoms with Crippen LogP contribution >= 0.6 is 0 Å². The summed E-state index contributed by atoms with van der Waals surface area (Å²) in [6.07, 6.45) is -4.75. The molecule has 0 bridgehead atoms. The van der Waals surface area contributed by atoms with E-state index in [1.807, 2.05) is 0 Å². The van der Waals surface area contributed by atoms with Crippen molar-refractivity contribution in [3.05, 3.63) is 58.1 Å². The van der Waals surface area contributed by atoms with Crippen LogP contribution in [0, 0.1) is 10.1 Å². The third-order valence-corrected chi connectivity index (χ3v) is 3.86. The predicted octanol–water partition coefficient (Wildman–Crippen LogP) is 4.08. The number of rotatable bonds is 10. The molecule has 0 fully saturated rings. The summed E-state index contributed by atoms with van der Waals surface area (Å²) in [5.74, 6) is 0.162. The predicted molar refractivity (Wildman–Crippen MR) is 104 cm³/mol. The lowest BCUT2D eigenvalue weighted by molar-refractivity contribution is -0.384. The number of nitrogens with one attached hydrogen (secondary N) is 2. The standard InChI is InChI=1S/C19H20F3N3O5/c1-29-9-10-30-15-4-2-3-14(12-15)24-18(26)7-8-23-16-6-5-13(19(20,21)22)11-17(16)25(27)28/h2-6,11-12,23H,7-10H2,1H3,(H,24,26). The first-order valence-corrected chi connectivity index (χ1v) is 8.82. The van der Waals surface area contributed by atoms with E-state index in [2.05, 4.69) is 10.6 Å². The molecule has 162 valence electrons. The summed E-state index contributed by atoms with van der Waals surface area (Å²) in [6.45, 7) is 0.754. The molecule has 0 aliphatic heterocycles. The maximum absolute atomic E-state index is 12.7. The van der Waals surface area contributed by atoms with Gasteiger partial charge in [-0.05, 0) is 24.3 Å². The fourth-order valence-corrected chi connectivity index (χ4v) is 2.45. The molecular formula is C19H20F3N3O5. The second-order valence-electron chi connectivity index (χ2n) is 6.08. The second-order valence-corrected chi connectivity index (χ2v) is 6.08. The van der Waals surface area contributed by atoms with Crippen molar-refractivity contribution in [2.24, 2.45) is 0 Å². The molecule has 2 N–H and O–H groups in total. The Kier molecular flexibility index (Phi) is 7.98. The van der Waals surface area contributed by atoms with Crippen molar-refractivity contribution in [2.45, 2.75) is 12.6 Å². The zero-order valence-corrected chi connectivity index (χ0v) is 16.0. The normalized spacial score (nSPS) is 11.1. The summed E-state index contributed by atoms with van der Waals surface area (Å²) in [6, 6.07) is 8.87. The van der Waals surface area contributed by atoms with E-state index in [1.54, 1.807) is 31.4 Å². The number of carbonyl (C=O) groups excluding carboxylic acids is 1. The van der Waals surface area contributed by atoms with Crippen molar-refractivity contribution in [2.75, 3.05) is 37.5 Å². The highest BCUT2D eigenvalue weighted by Gasteiger charge is 2.33. The number of alkyl halides is 3. The van der Waals surface area contributed by atoms with Crippen molar-refractivity contribution in [1.29, 1.82) is 0 Å². The minimum absolute atomic E-state index is 0.0118. The van der Waals surface area contributed by atoms with E-state index in [0.717, 1.165) is 12.1 Å². The van der Waals surface area contributed by atoms with Crippen molar-refractivity contribution in [3.8, 4) is 5.75 Å². The van der Waals surface area contributed by atoms with Gasteiger partial charge in [0.25, 0.3) is 5.69 Å². The van der Waals surface area contributed by atoms with Gasteiger partial charge >= 0.3 is 6.18 Å². The highest BCUT2D eigenvalue weighted by atomic mass is 19.4. The minimum Gasteiger partial charge on any atom is -0.491 e. The van der Waals surface area contributed by atoms with Crippen LogP contribution in [-0.2, 0) is 15.7 Å². The number of halogens is 3. The van der Waals surface area contributed by atoms with E-state index >= 15 is 0 Å². The molecule has 0 aliphatic rings. The van der Waals surface area contributed by atoms with Gasteiger partial charge in [0.1, 0.15) is 18.0 Å². The van der Waals surface area contributed by atoms with Crippen molar-refractivity contribution in [3.63, 3.8) is 0 Å². The number of benzene rings is 2. The molecule has 0 unspecified atom stereocenters. The van der Waals surface area contributed by atoms with Crippen LogP contribution in [0.15, 0.2) is 42.5 Å². The van der Waals surface area contributed by atoms with Crippen LogP contribution < -0.4 is 15.4 Å². The molecule has 30 heavy (non-hydrogen) atoms. The quantitative estimate of drug-likeness (QED) is 0.337. The third kappa shape index (κ3) is 6.92. The van der Waals surface area contributed by atoms with Crippen LogP contribution in [0.3, 0.4) is 0 Å². The average molecular weight is 427 g/mol. The summed E-state index contributed by atoms with van der Waals surface area (Å²) in [5, 5.41) is 16.3. The molecule has 0 spiro atoms. The molecule has 0 aliphatic carbocycles. The SMILES string of the molecule is COCCOc1cccc(NC(=O)CCNc2ccc(C(F)(F)F)cc2[N+](=O)[O-])c1. The first-order valence-electron chi connectivity index (χ1n) is 8.82. The molecule has 0 saturated heterocycles. The Labute approximate surface area is 170 Å². The molecule has 0 aromatic heterocycles. The largest absolute Gasteiger partial charge is 0.491 e. The Bertz CT molecular complexity index is 890. The number of methoxy groups -OCH3 is 1. The van der Waals surface area contributed by atoms with Crippen LogP contribution in [-0.4, -0.2) is 37.7 Å². The number of carbonyl (C=O) groups is 1. The van der Waals surface area contributed by atoms with Crippen LogP contribution in [0.1, 0.15) is 12.0 Å². The van der Waals surface area contributed by atoms with Gasteiger partial charge in [0.05, 0.1) is 17.1 Å². The molecule has 11 heteroatoms. The number of amides is 1. The van der Waals surface area contributed by atoms with Crippen LogP contribution in [0.4, 0.5) is 30.2 Å². The lowest BCUT2D eigenvalue weighted by Crippen LogP contribution is -2.17. The fourth-order valence-electron chi connectivity index (χ4n) is 2.45. The molecule has 0 radical (unpaired) electrons. The smallest absolute Gasteiger partial charge is 0.416 e. The number of nitro benzene ring substituents is 1. The van der Waals surface area contributed by atoms with Crippen LogP contribution in [0.5, 0.6) is 5.75 Å². The van der Waals surface area contributed by atoms with E-state index in [-0.39, 0.29) is 24.6 Å². The van der Waals surface area contributed by atoms with Crippen LogP contribution in [0.25, 0.3) is 0 Å². The summed E-state index contributed by atoms with van der Waals surface area (Å²) in [5.41, 5.74) is -1.44. The highest BCUT2D eigenvalue weighted by molar-refractivity contribution is 5.91. The Morgan fingerprint density at radius 2 is 1.93 bits per heavy atom. The molecule has 2 aromatic rings. The lowest BCUT2D eigenvalue weighted by atomic mass is 10.1. The molecule has 2 rings (SSSR count). The van der Waals surface area contributed by atoms with Crippen LogP contribution in [0.2, 0.25) is 0 Å². The first kappa shape index (κ1) is 22.9. The summed E-state index contributed by atoms with van der Waals surface area (Å²) < 4.78 is 48.5. The Hall–Kier alpha value is -3.34. The third-order valence-electron chi connectivity index (χ3n) is 3.86. The minimum atomic E-state index is -4.69. The zero-order valence-electron chi connectivity index (χ0n) is 16.0. The number of hydrogen-bond donors (Lipinski definition) is 2. The molecule has 0 atom stereocenters. The van der Waals surface area contributed by atoms with Gasteiger partial charge in [-0.25, -0.2) is 0 Å². The number of anilines is 2. The van der Waals surface area contributed by atoms with E-state index in [0.29, 0.717) is 30.7 Å². The van der Waals surface area contributed by atoms with Crippen molar-refractivity contribution in [1.82, 2.24) is 0 Å². The molecule has 8 nitrogen and oxygen atoms in total. The van der Waals surface area contributed by atoms with Gasteiger partial charge < -0.3 is 20.1 Å². The van der Waals surface area contributed by atoms with Gasteiger partial charge in [-0.15, -0.1) is 0 Å². The van der Waals surface area contributed by atoms with E-state index in [1.165, 1.54) is 0 Å². The van der Waals surface area contributed by atoms with E-state index in [4.69, 9.17) is 9.47 Å². The Morgan fingerprint density at radius 3 is 2.60 bits per heavy atom. The number of hydrogen-bond acceptors (Lipinski definition) is 6. The number of ether oxygens (including phenoxy) is 2. The molecule has 2 aromatic carbocycles. The summed E-state index contributed by atoms with van der Waals surface area (Å²) >= 11 is 0. The average Bonchev–Trinajstić information content (AvgIpc) is 2.67. The summed E-state index contributed by atoms with van der Waals surface area (Å²) in [7, 11) is 1.55.